The van der Waals surface area contributed by atoms with Gasteiger partial charge < -0.3 is 24.1 Å². The maximum Gasteiger partial charge on any atom is 0.337 e. The lowest BCUT2D eigenvalue weighted by Gasteiger charge is -2.58. The molecule has 1 N–H and O–H groups in total. The van der Waals surface area contributed by atoms with Crippen LogP contribution in [0.4, 0.5) is 0 Å². The Hall–Kier alpha value is -1.99. The van der Waals surface area contributed by atoms with E-state index < -0.39 is 11.4 Å². The van der Waals surface area contributed by atoms with Crippen LogP contribution < -0.4 is 0 Å². The van der Waals surface area contributed by atoms with E-state index in [1.807, 2.05) is 12.1 Å². The molecule has 0 radical (unpaired) electrons. The molecule has 6 atom stereocenters. The predicted molar refractivity (Wildman–Crippen MR) is 142 cm³/mol. The van der Waals surface area contributed by atoms with Crippen LogP contribution in [0.25, 0.3) is 0 Å². The molecule has 0 unspecified atom stereocenters. The van der Waals surface area contributed by atoms with Gasteiger partial charge >= 0.3 is 5.97 Å². The maximum absolute atomic E-state index is 12.2. The highest BCUT2D eigenvalue weighted by Crippen LogP contribution is 2.70. The third-order valence-electron chi connectivity index (χ3n) is 11.4. The number of benzene rings is 1. The molecule has 6 heteroatoms. The molecule has 1 aromatic rings. The van der Waals surface area contributed by atoms with Gasteiger partial charge in [-0.1, -0.05) is 31.2 Å². The average Bonchev–Trinajstić information content (AvgIpc) is 3.61. The van der Waals surface area contributed by atoms with Crippen LogP contribution in [-0.4, -0.2) is 55.0 Å². The van der Waals surface area contributed by atoms with E-state index >= 15 is 0 Å². The Labute approximate surface area is 225 Å². The highest BCUT2D eigenvalue weighted by Gasteiger charge is 2.67. The monoisotopic (exact) mass is 520 g/mol. The van der Waals surface area contributed by atoms with Crippen molar-refractivity contribution < 1.29 is 28.8 Å². The van der Waals surface area contributed by atoms with Gasteiger partial charge in [0.1, 0.15) is 0 Å². The molecule has 3 saturated carbocycles. The summed E-state index contributed by atoms with van der Waals surface area (Å²) in [6.07, 6.45) is 7.90. The van der Waals surface area contributed by atoms with Crippen LogP contribution in [0.5, 0.6) is 0 Å². The Kier molecular flexibility index (Phi) is 5.60. The molecule has 7 rings (SSSR count). The van der Waals surface area contributed by atoms with Gasteiger partial charge in [0.25, 0.3) is 0 Å². The van der Waals surface area contributed by atoms with Crippen molar-refractivity contribution in [1.29, 1.82) is 0 Å². The second-order valence-corrected chi connectivity index (χ2v) is 12.9. The van der Waals surface area contributed by atoms with E-state index in [0.29, 0.717) is 37.0 Å². The van der Waals surface area contributed by atoms with Gasteiger partial charge in [0.2, 0.25) is 0 Å². The number of hydrogen-bond donors (Lipinski definition) is 1. The molecule has 2 spiro atoms. The summed E-state index contributed by atoms with van der Waals surface area (Å²) in [7, 11) is 1.42. The molecule has 6 nitrogen and oxygen atoms in total. The fraction of sp³-hybridized carbons (Fsp3) is 0.656. The van der Waals surface area contributed by atoms with Crippen LogP contribution >= 0.6 is 0 Å². The van der Waals surface area contributed by atoms with Gasteiger partial charge in [-0.2, -0.15) is 0 Å². The van der Waals surface area contributed by atoms with E-state index in [-0.39, 0.29) is 22.9 Å². The van der Waals surface area contributed by atoms with E-state index in [0.717, 1.165) is 58.0 Å². The van der Waals surface area contributed by atoms with Gasteiger partial charge in [0, 0.05) is 24.2 Å². The van der Waals surface area contributed by atoms with Crippen molar-refractivity contribution in [3.63, 3.8) is 0 Å². The molecule has 4 aliphatic carbocycles. The Morgan fingerprint density at radius 1 is 1.03 bits per heavy atom. The highest BCUT2D eigenvalue weighted by molar-refractivity contribution is 5.89. The Morgan fingerprint density at radius 2 is 1.79 bits per heavy atom. The number of hydrogen-bond acceptors (Lipinski definition) is 6. The van der Waals surface area contributed by atoms with Crippen LogP contribution in [0.3, 0.4) is 0 Å². The van der Waals surface area contributed by atoms with Crippen LogP contribution in [0.1, 0.15) is 86.6 Å². The minimum Gasteiger partial charge on any atom is -0.465 e. The Bertz CT molecular complexity index is 1190. The first-order valence-electron chi connectivity index (χ1n) is 14.5. The SMILES string of the molecule is C=C1CCO[C@]12CC[C@H]1[C@@H]3CC[C@@]4(O)CC5(CCC4=C3[C@@H](c3ccc(C(=O)OC)cc3)C[C@@]12C)OCCO5. The normalized spacial score (nSPS) is 41.3. The molecule has 2 heterocycles. The lowest BCUT2D eigenvalue weighted by molar-refractivity contribution is -0.208. The molecule has 2 aliphatic heterocycles. The molecular weight excluding hydrogens is 480 g/mol. The van der Waals surface area contributed by atoms with Crippen LogP contribution in [0.15, 0.2) is 47.6 Å². The van der Waals surface area contributed by atoms with Gasteiger partial charge in [0.15, 0.2) is 5.79 Å². The fourth-order valence-electron chi connectivity index (χ4n) is 9.74. The standard InChI is InChI=1S/C32H40O6/c1-20-11-15-38-32(20)14-10-25-23-8-12-30(34)19-31(36-16-17-37-31)13-9-26(30)27(23)24(18-29(25,32)2)21-4-6-22(7-5-21)28(33)35-3/h4-7,23-25,34H,1,8-19H2,2-3H3/t23-,24+,25-,29-,30+,32+/m0/s1. The first-order chi connectivity index (χ1) is 18.2. The number of carbonyl (C=O) groups excluding carboxylic acids is 1. The largest absolute Gasteiger partial charge is 0.465 e. The summed E-state index contributed by atoms with van der Waals surface area (Å²) < 4.78 is 23.7. The summed E-state index contributed by atoms with van der Waals surface area (Å²) in [4.78, 5) is 12.2. The van der Waals surface area contributed by atoms with Gasteiger partial charge in [0.05, 0.1) is 43.7 Å². The molecular formula is C32H40O6. The zero-order valence-electron chi connectivity index (χ0n) is 22.7. The van der Waals surface area contributed by atoms with Gasteiger partial charge in [-0.25, -0.2) is 4.79 Å². The molecule has 1 aromatic carbocycles. The number of rotatable bonds is 2. The topological polar surface area (TPSA) is 74.2 Å². The van der Waals surface area contributed by atoms with Crippen molar-refractivity contribution in [3.8, 4) is 0 Å². The van der Waals surface area contributed by atoms with Crippen LogP contribution in [0.2, 0.25) is 0 Å². The van der Waals surface area contributed by atoms with Crippen LogP contribution in [0, 0.1) is 17.3 Å². The number of esters is 1. The molecule has 6 aliphatic rings. The van der Waals surface area contributed by atoms with Crippen LogP contribution in [-0.2, 0) is 18.9 Å². The lowest BCUT2D eigenvalue weighted by Crippen LogP contribution is -2.55. The molecule has 0 amide bonds. The van der Waals surface area contributed by atoms with Crippen molar-refractivity contribution in [2.45, 2.75) is 87.6 Å². The smallest absolute Gasteiger partial charge is 0.337 e. The van der Waals surface area contributed by atoms with Crippen molar-refractivity contribution in [2.75, 3.05) is 26.9 Å². The van der Waals surface area contributed by atoms with E-state index in [9.17, 15) is 9.90 Å². The van der Waals surface area contributed by atoms with Crippen molar-refractivity contribution in [2.24, 2.45) is 17.3 Å². The second-order valence-electron chi connectivity index (χ2n) is 12.9. The van der Waals surface area contributed by atoms with Crippen molar-refractivity contribution in [3.05, 3.63) is 58.7 Å². The number of aliphatic hydroxyl groups is 1. The molecule has 0 aromatic heterocycles. The minimum absolute atomic E-state index is 0.0238. The number of carbonyl (C=O) groups is 1. The summed E-state index contributed by atoms with van der Waals surface area (Å²) in [5, 5.41) is 12.2. The highest BCUT2D eigenvalue weighted by atomic mass is 16.7. The summed E-state index contributed by atoms with van der Waals surface area (Å²) in [5.74, 6) is 0.106. The number of ether oxygens (including phenoxy) is 4. The first-order valence-corrected chi connectivity index (χ1v) is 14.5. The second kappa shape index (κ2) is 8.50. The van der Waals surface area contributed by atoms with E-state index in [1.165, 1.54) is 29.4 Å². The fourth-order valence-corrected chi connectivity index (χ4v) is 9.74. The van der Waals surface area contributed by atoms with E-state index in [2.05, 4.69) is 25.6 Å². The van der Waals surface area contributed by atoms with E-state index in [1.54, 1.807) is 0 Å². The molecule has 0 bridgehead atoms. The molecule has 38 heavy (non-hydrogen) atoms. The average molecular weight is 521 g/mol. The zero-order valence-corrected chi connectivity index (χ0v) is 22.7. The molecule has 204 valence electrons. The van der Waals surface area contributed by atoms with Gasteiger partial charge in [-0.15, -0.1) is 0 Å². The number of methoxy groups -OCH3 is 1. The Balaban J connectivity index is 1.35. The lowest BCUT2D eigenvalue weighted by atomic mass is 9.49. The third-order valence-corrected chi connectivity index (χ3v) is 11.4. The summed E-state index contributed by atoms with van der Waals surface area (Å²) in [6, 6.07) is 7.96. The van der Waals surface area contributed by atoms with E-state index in [4.69, 9.17) is 18.9 Å². The first kappa shape index (κ1) is 25.0. The predicted octanol–water partition coefficient (Wildman–Crippen LogP) is 5.46. The van der Waals surface area contributed by atoms with Crippen molar-refractivity contribution in [1.82, 2.24) is 0 Å². The maximum atomic E-state index is 12.2. The number of allylic oxidation sites excluding steroid dienone is 1. The Morgan fingerprint density at radius 3 is 2.47 bits per heavy atom. The summed E-state index contributed by atoms with van der Waals surface area (Å²) in [5.41, 5.74) is 4.53. The summed E-state index contributed by atoms with van der Waals surface area (Å²) in [6.45, 7) is 8.95. The third kappa shape index (κ3) is 3.30. The quantitative estimate of drug-likeness (QED) is 0.413. The zero-order chi connectivity index (χ0) is 26.3. The van der Waals surface area contributed by atoms with Gasteiger partial charge in [-0.3, -0.25) is 0 Å². The number of fused-ring (bicyclic) bond motifs is 5. The minimum atomic E-state index is -0.893. The molecule has 5 fully saturated rings. The molecule has 2 saturated heterocycles. The summed E-state index contributed by atoms with van der Waals surface area (Å²) >= 11 is 0. The van der Waals surface area contributed by atoms with Crippen molar-refractivity contribution >= 4 is 5.97 Å². The van der Waals surface area contributed by atoms with Gasteiger partial charge in [-0.05, 0) is 85.6 Å².